The van der Waals surface area contributed by atoms with Gasteiger partial charge in [-0.1, -0.05) is 122 Å². The average Bonchev–Trinajstić information content (AvgIpc) is 2.98. The molecular formula is C37H40Cl3N3O3Si. The van der Waals surface area contributed by atoms with E-state index in [-0.39, 0.29) is 30.8 Å². The largest absolute Gasteiger partial charge is 0.443 e. The molecule has 1 heterocycles. The predicted molar refractivity (Wildman–Crippen MR) is 194 cm³/mol. The van der Waals surface area contributed by atoms with Gasteiger partial charge < -0.3 is 9.16 Å². The lowest BCUT2D eigenvalue weighted by Gasteiger charge is -2.44. The van der Waals surface area contributed by atoms with Gasteiger partial charge in [-0.25, -0.2) is 19.7 Å². The molecule has 0 bridgehead atoms. The number of carbonyl (C=O) groups is 1. The second kappa shape index (κ2) is 14.9. The molecule has 0 N–H and O–H groups in total. The molecule has 4 aromatic rings. The van der Waals surface area contributed by atoms with Crippen LogP contribution < -0.4 is 4.90 Å². The first-order chi connectivity index (χ1) is 22.1. The third kappa shape index (κ3) is 8.64. The summed E-state index contributed by atoms with van der Waals surface area (Å²) in [5.41, 5.74) is 0.621. The maximum absolute atomic E-state index is 14.3. The van der Waals surface area contributed by atoms with Crippen LogP contribution in [0.3, 0.4) is 0 Å². The number of amides is 1. The second-order valence-electron chi connectivity index (χ2n) is 13.2. The van der Waals surface area contributed by atoms with Crippen molar-refractivity contribution < 1.29 is 14.0 Å². The van der Waals surface area contributed by atoms with Crippen molar-refractivity contribution in [1.82, 2.24) is 9.97 Å². The van der Waals surface area contributed by atoms with Gasteiger partial charge >= 0.3 is 6.09 Å². The molecule has 246 valence electrons. The Labute approximate surface area is 296 Å². The fourth-order valence-electron chi connectivity index (χ4n) is 5.29. The van der Waals surface area contributed by atoms with E-state index in [1.807, 2.05) is 66.7 Å². The molecule has 1 amide bonds. The molecule has 10 heteroatoms. The normalized spacial score (nSPS) is 12.8. The zero-order valence-electron chi connectivity index (χ0n) is 27.8. The van der Waals surface area contributed by atoms with Gasteiger partial charge in [-0.05, 0) is 68.5 Å². The minimum atomic E-state index is -1.12. The molecule has 3 aromatic carbocycles. The third-order valence-corrected chi connectivity index (χ3v) is 8.96. The van der Waals surface area contributed by atoms with Crippen molar-refractivity contribution in [3.63, 3.8) is 0 Å². The van der Waals surface area contributed by atoms with Crippen molar-refractivity contribution in [2.45, 2.75) is 77.0 Å². The molecule has 4 rings (SSSR count). The van der Waals surface area contributed by atoms with Gasteiger partial charge in [0.2, 0.25) is 9.76 Å². The van der Waals surface area contributed by atoms with Crippen LogP contribution in [0.1, 0.15) is 76.4 Å². The van der Waals surface area contributed by atoms with Crippen molar-refractivity contribution in [1.29, 1.82) is 0 Å². The summed E-state index contributed by atoms with van der Waals surface area (Å²) >= 11 is 20.3. The molecule has 0 aliphatic rings. The monoisotopic (exact) mass is 707 g/mol. The molecule has 0 saturated carbocycles. The van der Waals surface area contributed by atoms with Crippen LogP contribution in [0.25, 0.3) is 0 Å². The number of allylic oxidation sites excluding steroid dienone is 1. The number of aromatic nitrogens is 2. The van der Waals surface area contributed by atoms with E-state index in [9.17, 15) is 4.79 Å². The molecule has 47 heavy (non-hydrogen) atoms. The standard InChI is InChI=1S/C37H40Cl3N3O3Si/c1-9-16-28(37(46-47-36(6,7)8,25-17-12-10-13-18-25)26-19-14-11-15-20-26)31-32(40)41-24(2)42-33(31)43(34(44)45-35(3,4)5)30-22-21-27(38)23-29(30)39/h9-15,17-23,28H,1,16H2,2-8H3. The van der Waals surface area contributed by atoms with Crippen LogP contribution in [0.15, 0.2) is 91.5 Å². The predicted octanol–water partition coefficient (Wildman–Crippen LogP) is 11.3. The summed E-state index contributed by atoms with van der Waals surface area (Å²) in [4.78, 5) is 25.1. The first-order valence-corrected chi connectivity index (χ1v) is 17.3. The van der Waals surface area contributed by atoms with Crippen molar-refractivity contribution in [3.05, 3.63) is 129 Å². The van der Waals surface area contributed by atoms with Crippen LogP contribution in [0.5, 0.6) is 0 Å². The highest BCUT2D eigenvalue weighted by atomic mass is 35.5. The Morgan fingerprint density at radius 2 is 1.49 bits per heavy atom. The SMILES string of the molecule is C=CCC(c1c(Cl)nc(C)nc1N(C(=O)OC(C)(C)C)c1ccc(Cl)cc1Cl)C(O[Si]C(C)(C)C)(c1ccccc1)c1ccccc1. The van der Waals surface area contributed by atoms with Gasteiger partial charge in [0.15, 0.2) is 5.82 Å². The molecule has 0 fully saturated rings. The number of nitrogens with zero attached hydrogens (tertiary/aromatic N) is 3. The van der Waals surface area contributed by atoms with Gasteiger partial charge in [-0.15, -0.1) is 6.58 Å². The van der Waals surface area contributed by atoms with E-state index < -0.39 is 23.2 Å². The number of hydrogen-bond acceptors (Lipinski definition) is 5. The van der Waals surface area contributed by atoms with Gasteiger partial charge in [-0.2, -0.15) is 0 Å². The summed E-state index contributed by atoms with van der Waals surface area (Å²) in [6.45, 7) is 17.7. The number of ether oxygens (including phenoxy) is 1. The Balaban J connectivity index is 2.16. The van der Waals surface area contributed by atoms with E-state index in [2.05, 4.69) is 32.3 Å². The summed E-state index contributed by atoms with van der Waals surface area (Å²) < 4.78 is 13.2. The van der Waals surface area contributed by atoms with E-state index in [0.29, 0.717) is 28.5 Å². The number of benzene rings is 3. The molecule has 1 unspecified atom stereocenters. The van der Waals surface area contributed by atoms with Crippen molar-refractivity contribution in [2.75, 3.05) is 4.90 Å². The van der Waals surface area contributed by atoms with Crippen molar-refractivity contribution >= 4 is 62.2 Å². The minimum Gasteiger partial charge on any atom is -0.443 e. The highest BCUT2D eigenvalue weighted by Gasteiger charge is 2.47. The molecule has 2 radical (unpaired) electrons. The Morgan fingerprint density at radius 3 is 1.98 bits per heavy atom. The Bertz CT molecular complexity index is 1670. The van der Waals surface area contributed by atoms with Gasteiger partial charge in [0.1, 0.15) is 22.2 Å². The van der Waals surface area contributed by atoms with Gasteiger partial charge in [0, 0.05) is 16.5 Å². The van der Waals surface area contributed by atoms with Crippen LogP contribution in [0, 0.1) is 6.92 Å². The van der Waals surface area contributed by atoms with E-state index in [1.54, 1.807) is 45.9 Å². The number of hydrogen-bond donors (Lipinski definition) is 0. The average molecular weight is 709 g/mol. The summed E-state index contributed by atoms with van der Waals surface area (Å²) in [7, 11) is 0.0698. The summed E-state index contributed by atoms with van der Waals surface area (Å²) in [5.74, 6) is -0.0160. The van der Waals surface area contributed by atoms with Crippen LogP contribution >= 0.6 is 34.8 Å². The number of aryl methyl sites for hydroxylation is 1. The lowest BCUT2D eigenvalue weighted by Crippen LogP contribution is -2.42. The molecule has 0 spiro atoms. The summed E-state index contributed by atoms with van der Waals surface area (Å²) in [6.07, 6.45) is 1.51. The Hall–Kier alpha value is -3.20. The first kappa shape index (κ1) is 36.6. The maximum Gasteiger partial charge on any atom is 0.420 e. The van der Waals surface area contributed by atoms with Crippen LogP contribution in [0.2, 0.25) is 20.2 Å². The second-order valence-corrected chi connectivity index (χ2v) is 16.3. The maximum atomic E-state index is 14.3. The molecule has 1 atom stereocenters. The minimum absolute atomic E-state index is 0.0698. The van der Waals surface area contributed by atoms with Gasteiger partial charge in [0.05, 0.1) is 10.7 Å². The summed E-state index contributed by atoms with van der Waals surface area (Å²) in [6, 6.07) is 24.9. The number of carbonyl (C=O) groups excluding carboxylic acids is 1. The van der Waals surface area contributed by atoms with E-state index in [0.717, 1.165) is 11.1 Å². The van der Waals surface area contributed by atoms with E-state index >= 15 is 0 Å². The van der Waals surface area contributed by atoms with E-state index in [4.69, 9.17) is 48.9 Å². The number of halogens is 3. The van der Waals surface area contributed by atoms with Crippen LogP contribution in [-0.2, 0) is 14.8 Å². The molecule has 1 aromatic heterocycles. The van der Waals surface area contributed by atoms with Crippen LogP contribution in [-0.4, -0.2) is 31.4 Å². The number of rotatable bonds is 10. The van der Waals surface area contributed by atoms with Crippen LogP contribution in [0.4, 0.5) is 16.3 Å². The van der Waals surface area contributed by atoms with Gasteiger partial charge in [-0.3, -0.25) is 0 Å². The fourth-order valence-corrected chi connectivity index (χ4v) is 6.97. The smallest absolute Gasteiger partial charge is 0.420 e. The lowest BCUT2D eigenvalue weighted by atomic mass is 9.71. The molecular weight excluding hydrogens is 669 g/mol. The fraction of sp³-hybridized carbons (Fsp3) is 0.324. The molecule has 0 aliphatic carbocycles. The highest BCUT2D eigenvalue weighted by molar-refractivity contribution is 6.37. The molecule has 6 nitrogen and oxygen atoms in total. The van der Waals surface area contributed by atoms with Crippen molar-refractivity contribution in [2.24, 2.45) is 0 Å². The zero-order chi connectivity index (χ0) is 34.6. The lowest BCUT2D eigenvalue weighted by molar-refractivity contribution is 0.0594. The van der Waals surface area contributed by atoms with E-state index in [1.165, 1.54) is 4.90 Å². The Morgan fingerprint density at radius 1 is 0.915 bits per heavy atom. The third-order valence-electron chi connectivity index (χ3n) is 7.09. The summed E-state index contributed by atoms with van der Waals surface area (Å²) in [5, 5.41) is 0.624. The molecule has 0 saturated heterocycles. The zero-order valence-corrected chi connectivity index (χ0v) is 31.0. The molecule has 0 aliphatic heterocycles. The number of anilines is 2. The Kier molecular flexibility index (Phi) is 11.6. The van der Waals surface area contributed by atoms with Crippen molar-refractivity contribution in [3.8, 4) is 0 Å². The topological polar surface area (TPSA) is 64.6 Å². The highest BCUT2D eigenvalue weighted by Crippen LogP contribution is 2.53. The van der Waals surface area contributed by atoms with Gasteiger partial charge in [0.25, 0.3) is 0 Å². The first-order valence-electron chi connectivity index (χ1n) is 15.3. The quantitative estimate of drug-likeness (QED) is 0.0932.